The Hall–Kier alpha value is -0.120. The van der Waals surface area contributed by atoms with E-state index < -0.39 is 0 Å². The van der Waals surface area contributed by atoms with Crippen molar-refractivity contribution in [3.05, 3.63) is 0 Å². The lowest BCUT2D eigenvalue weighted by atomic mass is 9.94. The Bertz CT molecular complexity index is 282. The number of piperidine rings is 1. The quantitative estimate of drug-likeness (QED) is 0.784. The first kappa shape index (κ1) is 16.3. The zero-order valence-corrected chi connectivity index (χ0v) is 14.3. The fraction of sp³-hybridized carbons (Fsp3) is 1.00. The second kappa shape index (κ2) is 7.24. The Balaban J connectivity index is 1.75. The van der Waals surface area contributed by atoms with Crippen molar-refractivity contribution in [3.8, 4) is 0 Å². The first-order chi connectivity index (χ1) is 9.47. The third-order valence-electron chi connectivity index (χ3n) is 5.40. The molecule has 0 aliphatic carbocycles. The van der Waals surface area contributed by atoms with Gasteiger partial charge in [-0.05, 0) is 66.5 Å². The standard InChI is InChI=1S/C17H35N3/c1-14(2)18-8-6-17(7-9-18)13-20-11-10-19(15(3)4)12-16(20)5/h14-17H,6-13H2,1-5H3. The third kappa shape index (κ3) is 4.19. The molecule has 2 aliphatic rings. The molecule has 0 bridgehead atoms. The summed E-state index contributed by atoms with van der Waals surface area (Å²) >= 11 is 0. The van der Waals surface area contributed by atoms with E-state index in [-0.39, 0.29) is 0 Å². The Morgan fingerprint density at radius 3 is 1.95 bits per heavy atom. The van der Waals surface area contributed by atoms with E-state index in [0.717, 1.165) is 18.0 Å². The highest BCUT2D eigenvalue weighted by atomic mass is 15.3. The van der Waals surface area contributed by atoms with E-state index in [2.05, 4.69) is 49.3 Å². The van der Waals surface area contributed by atoms with Gasteiger partial charge < -0.3 is 4.90 Å². The molecule has 20 heavy (non-hydrogen) atoms. The molecule has 0 aromatic carbocycles. The fourth-order valence-electron chi connectivity index (χ4n) is 3.75. The summed E-state index contributed by atoms with van der Waals surface area (Å²) in [6.07, 6.45) is 2.80. The van der Waals surface area contributed by atoms with Crippen LogP contribution in [0.2, 0.25) is 0 Å². The van der Waals surface area contributed by atoms with E-state index in [9.17, 15) is 0 Å². The van der Waals surface area contributed by atoms with Gasteiger partial charge in [0.25, 0.3) is 0 Å². The fourth-order valence-corrected chi connectivity index (χ4v) is 3.75. The van der Waals surface area contributed by atoms with Crippen molar-refractivity contribution >= 4 is 0 Å². The molecule has 2 fully saturated rings. The lowest BCUT2D eigenvalue weighted by molar-refractivity contribution is 0.0409. The van der Waals surface area contributed by atoms with Crippen LogP contribution < -0.4 is 0 Å². The average Bonchev–Trinajstić information content (AvgIpc) is 2.41. The summed E-state index contributed by atoms with van der Waals surface area (Å²) in [5.74, 6) is 0.929. The molecule has 0 radical (unpaired) electrons. The molecule has 2 heterocycles. The van der Waals surface area contributed by atoms with Crippen LogP contribution in [-0.4, -0.2) is 72.1 Å². The maximum absolute atomic E-state index is 2.74. The van der Waals surface area contributed by atoms with Crippen LogP contribution in [0.4, 0.5) is 0 Å². The summed E-state index contributed by atoms with van der Waals surface area (Å²) in [7, 11) is 0. The molecule has 0 saturated carbocycles. The molecule has 1 unspecified atom stereocenters. The second-order valence-corrected chi connectivity index (χ2v) is 7.51. The largest absolute Gasteiger partial charge is 0.301 e. The topological polar surface area (TPSA) is 9.72 Å². The summed E-state index contributed by atoms with van der Waals surface area (Å²) in [5.41, 5.74) is 0. The van der Waals surface area contributed by atoms with E-state index in [0.29, 0.717) is 6.04 Å². The zero-order chi connectivity index (χ0) is 14.7. The van der Waals surface area contributed by atoms with Gasteiger partial charge in [0.05, 0.1) is 0 Å². The van der Waals surface area contributed by atoms with E-state index in [1.807, 2.05) is 0 Å². The number of hydrogen-bond donors (Lipinski definition) is 0. The van der Waals surface area contributed by atoms with Gasteiger partial charge in [0, 0.05) is 44.3 Å². The summed E-state index contributed by atoms with van der Waals surface area (Å²) in [6.45, 7) is 19.4. The van der Waals surface area contributed by atoms with Crippen LogP contribution in [0.1, 0.15) is 47.5 Å². The molecule has 2 aliphatic heterocycles. The normalized spacial score (nSPS) is 28.6. The predicted molar refractivity (Wildman–Crippen MR) is 87.2 cm³/mol. The smallest absolute Gasteiger partial charge is 0.0195 e. The maximum atomic E-state index is 2.74. The molecule has 0 amide bonds. The van der Waals surface area contributed by atoms with Gasteiger partial charge in [0.1, 0.15) is 0 Å². The van der Waals surface area contributed by atoms with Crippen molar-refractivity contribution in [2.75, 3.05) is 39.3 Å². The number of likely N-dealkylation sites (tertiary alicyclic amines) is 1. The monoisotopic (exact) mass is 281 g/mol. The van der Waals surface area contributed by atoms with E-state index >= 15 is 0 Å². The van der Waals surface area contributed by atoms with E-state index in [1.54, 1.807) is 0 Å². The van der Waals surface area contributed by atoms with Gasteiger partial charge >= 0.3 is 0 Å². The first-order valence-corrected chi connectivity index (χ1v) is 8.69. The van der Waals surface area contributed by atoms with Crippen LogP contribution in [0.25, 0.3) is 0 Å². The Morgan fingerprint density at radius 1 is 0.850 bits per heavy atom. The van der Waals surface area contributed by atoms with Crippen LogP contribution in [0.15, 0.2) is 0 Å². The molecule has 3 heteroatoms. The molecule has 0 aromatic heterocycles. The minimum atomic E-state index is 0.703. The van der Waals surface area contributed by atoms with Crippen LogP contribution in [0.3, 0.4) is 0 Å². The Labute approximate surface area is 126 Å². The molecule has 2 rings (SSSR count). The van der Waals surface area contributed by atoms with Crippen molar-refractivity contribution in [3.63, 3.8) is 0 Å². The van der Waals surface area contributed by atoms with Crippen molar-refractivity contribution in [2.24, 2.45) is 5.92 Å². The van der Waals surface area contributed by atoms with Gasteiger partial charge in [-0.3, -0.25) is 9.80 Å². The molecule has 2 saturated heterocycles. The van der Waals surface area contributed by atoms with Crippen LogP contribution >= 0.6 is 0 Å². The Morgan fingerprint density at radius 2 is 1.45 bits per heavy atom. The summed E-state index contributed by atoms with van der Waals surface area (Å²) < 4.78 is 0. The SMILES string of the molecule is CC(C)N1CCC(CN2CCN(C(C)C)CC2C)CC1. The Kier molecular flexibility index (Phi) is 5.88. The number of rotatable bonds is 4. The summed E-state index contributed by atoms with van der Waals surface area (Å²) in [6, 6.07) is 2.16. The average molecular weight is 281 g/mol. The van der Waals surface area contributed by atoms with Gasteiger partial charge in [-0.2, -0.15) is 0 Å². The maximum Gasteiger partial charge on any atom is 0.0195 e. The minimum absolute atomic E-state index is 0.703. The third-order valence-corrected chi connectivity index (χ3v) is 5.40. The van der Waals surface area contributed by atoms with Crippen LogP contribution in [0.5, 0.6) is 0 Å². The predicted octanol–water partition coefficient (Wildman–Crippen LogP) is 2.52. The molecule has 0 aromatic rings. The van der Waals surface area contributed by atoms with Crippen molar-refractivity contribution < 1.29 is 0 Å². The van der Waals surface area contributed by atoms with Crippen LogP contribution in [-0.2, 0) is 0 Å². The number of hydrogen-bond acceptors (Lipinski definition) is 3. The molecular weight excluding hydrogens is 246 g/mol. The highest BCUT2D eigenvalue weighted by Crippen LogP contribution is 2.22. The van der Waals surface area contributed by atoms with Gasteiger partial charge in [-0.1, -0.05) is 0 Å². The molecule has 0 N–H and O–H groups in total. The van der Waals surface area contributed by atoms with Crippen LogP contribution in [0, 0.1) is 5.92 Å². The second-order valence-electron chi connectivity index (χ2n) is 7.51. The number of piperazine rings is 1. The molecule has 0 spiro atoms. The highest BCUT2D eigenvalue weighted by molar-refractivity contribution is 4.84. The zero-order valence-electron chi connectivity index (χ0n) is 14.3. The molecular formula is C17H35N3. The summed E-state index contributed by atoms with van der Waals surface area (Å²) in [4.78, 5) is 8.01. The van der Waals surface area contributed by atoms with Crippen molar-refractivity contribution in [1.82, 2.24) is 14.7 Å². The first-order valence-electron chi connectivity index (χ1n) is 8.69. The highest BCUT2D eigenvalue weighted by Gasteiger charge is 2.28. The lowest BCUT2D eigenvalue weighted by Crippen LogP contribution is -2.55. The minimum Gasteiger partial charge on any atom is -0.301 e. The molecule has 1 atom stereocenters. The van der Waals surface area contributed by atoms with Crippen molar-refractivity contribution in [2.45, 2.75) is 65.6 Å². The lowest BCUT2D eigenvalue weighted by Gasteiger charge is -2.44. The van der Waals surface area contributed by atoms with E-state index in [4.69, 9.17) is 0 Å². The van der Waals surface area contributed by atoms with Crippen molar-refractivity contribution in [1.29, 1.82) is 0 Å². The van der Waals surface area contributed by atoms with Gasteiger partial charge in [0.2, 0.25) is 0 Å². The molecule has 118 valence electrons. The van der Waals surface area contributed by atoms with Gasteiger partial charge in [0.15, 0.2) is 0 Å². The summed E-state index contributed by atoms with van der Waals surface area (Å²) in [5, 5.41) is 0. The van der Waals surface area contributed by atoms with Gasteiger partial charge in [-0.15, -0.1) is 0 Å². The number of nitrogens with zero attached hydrogens (tertiary/aromatic N) is 3. The molecule has 3 nitrogen and oxygen atoms in total. The van der Waals surface area contributed by atoms with E-state index in [1.165, 1.54) is 52.1 Å². The van der Waals surface area contributed by atoms with Gasteiger partial charge in [-0.25, -0.2) is 0 Å².